The summed E-state index contributed by atoms with van der Waals surface area (Å²) in [6.07, 6.45) is 2.55. The van der Waals surface area contributed by atoms with Gasteiger partial charge in [0.1, 0.15) is 5.75 Å². The molecule has 5 nitrogen and oxygen atoms in total. The standard InChI is InChI=1S/C23H29NO4/c1-16(2)28-20-13-10-18(11-14-20)9-8-17(3)24-22(25)15-12-19-6-4-5-7-21(19)23(26)27/h4-7,10-11,13-14,16-17H,8-9,12,15H2,1-3H3,(H,24,25)(H,26,27). The van der Waals surface area contributed by atoms with Gasteiger partial charge in [-0.1, -0.05) is 30.3 Å². The van der Waals surface area contributed by atoms with E-state index in [-0.39, 0.29) is 30.0 Å². The van der Waals surface area contributed by atoms with E-state index in [2.05, 4.69) is 17.4 Å². The molecule has 0 aromatic heterocycles. The summed E-state index contributed by atoms with van der Waals surface area (Å²) in [7, 11) is 0. The number of aromatic carboxylic acids is 1. The normalized spacial score (nSPS) is 11.9. The molecule has 0 aliphatic rings. The van der Waals surface area contributed by atoms with Crippen molar-refractivity contribution in [1.82, 2.24) is 5.32 Å². The molecule has 5 heteroatoms. The topological polar surface area (TPSA) is 75.6 Å². The summed E-state index contributed by atoms with van der Waals surface area (Å²) in [6.45, 7) is 5.98. The van der Waals surface area contributed by atoms with Gasteiger partial charge in [-0.25, -0.2) is 4.79 Å². The van der Waals surface area contributed by atoms with E-state index in [0.717, 1.165) is 18.6 Å². The van der Waals surface area contributed by atoms with E-state index < -0.39 is 5.97 Å². The highest BCUT2D eigenvalue weighted by Crippen LogP contribution is 2.15. The van der Waals surface area contributed by atoms with Gasteiger partial charge in [-0.15, -0.1) is 0 Å². The molecule has 0 aliphatic carbocycles. The van der Waals surface area contributed by atoms with Crippen LogP contribution in [0.5, 0.6) is 5.75 Å². The molecule has 1 atom stereocenters. The zero-order chi connectivity index (χ0) is 20.5. The van der Waals surface area contributed by atoms with E-state index in [9.17, 15) is 14.7 Å². The Kier molecular flexibility index (Phi) is 8.05. The lowest BCUT2D eigenvalue weighted by Crippen LogP contribution is -2.33. The summed E-state index contributed by atoms with van der Waals surface area (Å²) in [5.41, 5.74) is 2.14. The fourth-order valence-electron chi connectivity index (χ4n) is 3.00. The Hall–Kier alpha value is -2.82. The molecular formula is C23H29NO4. The Bertz CT molecular complexity index is 783. The minimum Gasteiger partial charge on any atom is -0.491 e. The summed E-state index contributed by atoms with van der Waals surface area (Å²) in [4.78, 5) is 23.4. The molecule has 0 spiro atoms. The zero-order valence-electron chi connectivity index (χ0n) is 16.8. The molecule has 0 fully saturated rings. The van der Waals surface area contributed by atoms with E-state index in [1.54, 1.807) is 24.3 Å². The first-order valence-electron chi connectivity index (χ1n) is 9.71. The molecule has 0 saturated heterocycles. The molecule has 150 valence electrons. The predicted octanol–water partition coefficient (Wildman–Crippen LogP) is 4.24. The molecular weight excluding hydrogens is 354 g/mol. The Balaban J connectivity index is 1.76. The second-order valence-electron chi connectivity index (χ2n) is 7.28. The third kappa shape index (κ3) is 7.06. The van der Waals surface area contributed by atoms with Crippen LogP contribution in [-0.2, 0) is 17.6 Å². The Morgan fingerprint density at radius 3 is 2.32 bits per heavy atom. The summed E-state index contributed by atoms with van der Waals surface area (Å²) in [6, 6.07) is 14.9. The highest BCUT2D eigenvalue weighted by atomic mass is 16.5. The van der Waals surface area contributed by atoms with Crippen molar-refractivity contribution in [3.8, 4) is 5.75 Å². The van der Waals surface area contributed by atoms with E-state index in [4.69, 9.17) is 4.74 Å². The van der Waals surface area contributed by atoms with Crippen molar-refractivity contribution >= 4 is 11.9 Å². The average Bonchev–Trinajstić information content (AvgIpc) is 2.65. The van der Waals surface area contributed by atoms with Gasteiger partial charge < -0.3 is 15.2 Å². The molecule has 0 saturated carbocycles. The van der Waals surface area contributed by atoms with Crippen molar-refractivity contribution < 1.29 is 19.4 Å². The van der Waals surface area contributed by atoms with Crippen LogP contribution in [0.2, 0.25) is 0 Å². The quantitative estimate of drug-likeness (QED) is 0.643. The van der Waals surface area contributed by atoms with Crippen molar-refractivity contribution in [2.24, 2.45) is 0 Å². The lowest BCUT2D eigenvalue weighted by Gasteiger charge is -2.15. The molecule has 0 aliphatic heterocycles. The van der Waals surface area contributed by atoms with Crippen LogP contribution in [0.15, 0.2) is 48.5 Å². The van der Waals surface area contributed by atoms with Gasteiger partial charge in [0.2, 0.25) is 5.91 Å². The lowest BCUT2D eigenvalue weighted by molar-refractivity contribution is -0.121. The van der Waals surface area contributed by atoms with E-state index >= 15 is 0 Å². The Morgan fingerprint density at radius 2 is 1.68 bits per heavy atom. The molecule has 0 bridgehead atoms. The number of amides is 1. The molecule has 2 aromatic carbocycles. The van der Waals surface area contributed by atoms with Crippen molar-refractivity contribution in [1.29, 1.82) is 0 Å². The van der Waals surface area contributed by atoms with Crippen LogP contribution in [0.25, 0.3) is 0 Å². The molecule has 2 aromatic rings. The highest BCUT2D eigenvalue weighted by molar-refractivity contribution is 5.89. The van der Waals surface area contributed by atoms with Gasteiger partial charge >= 0.3 is 5.97 Å². The molecule has 2 rings (SSSR count). The van der Waals surface area contributed by atoms with Gasteiger partial charge in [-0.3, -0.25) is 4.79 Å². The van der Waals surface area contributed by atoms with Crippen LogP contribution >= 0.6 is 0 Å². The first-order valence-corrected chi connectivity index (χ1v) is 9.71. The fraction of sp³-hybridized carbons (Fsp3) is 0.391. The van der Waals surface area contributed by atoms with Gasteiger partial charge in [0.25, 0.3) is 0 Å². The summed E-state index contributed by atoms with van der Waals surface area (Å²) >= 11 is 0. The first-order chi connectivity index (χ1) is 13.3. The number of carboxylic acids is 1. The largest absolute Gasteiger partial charge is 0.491 e. The fourth-order valence-corrected chi connectivity index (χ4v) is 3.00. The van der Waals surface area contributed by atoms with Crippen LogP contribution in [0.1, 0.15) is 55.1 Å². The third-order valence-electron chi connectivity index (χ3n) is 4.44. The molecule has 28 heavy (non-hydrogen) atoms. The number of aryl methyl sites for hydroxylation is 2. The van der Waals surface area contributed by atoms with Crippen molar-refractivity contribution in [3.63, 3.8) is 0 Å². The number of carbonyl (C=O) groups excluding carboxylic acids is 1. The number of ether oxygens (including phenoxy) is 1. The van der Waals surface area contributed by atoms with Gasteiger partial charge in [0.05, 0.1) is 11.7 Å². The summed E-state index contributed by atoms with van der Waals surface area (Å²) in [5.74, 6) is -0.163. The van der Waals surface area contributed by atoms with E-state index in [0.29, 0.717) is 12.0 Å². The van der Waals surface area contributed by atoms with E-state index in [1.807, 2.05) is 32.9 Å². The second kappa shape index (κ2) is 10.5. The number of benzene rings is 2. The van der Waals surface area contributed by atoms with E-state index in [1.165, 1.54) is 5.56 Å². The summed E-state index contributed by atoms with van der Waals surface area (Å²) < 4.78 is 5.64. The first kappa shape index (κ1) is 21.5. The maximum absolute atomic E-state index is 12.2. The summed E-state index contributed by atoms with van der Waals surface area (Å²) in [5, 5.41) is 12.2. The second-order valence-corrected chi connectivity index (χ2v) is 7.28. The number of hydrogen-bond donors (Lipinski definition) is 2. The van der Waals surface area contributed by atoms with Crippen LogP contribution in [0.4, 0.5) is 0 Å². The van der Waals surface area contributed by atoms with Crippen molar-refractivity contribution in [2.45, 2.75) is 58.6 Å². The van der Waals surface area contributed by atoms with Crippen molar-refractivity contribution in [2.75, 3.05) is 0 Å². The van der Waals surface area contributed by atoms with Crippen LogP contribution < -0.4 is 10.1 Å². The maximum Gasteiger partial charge on any atom is 0.335 e. The lowest BCUT2D eigenvalue weighted by atomic mass is 10.0. The minimum absolute atomic E-state index is 0.0498. The monoisotopic (exact) mass is 383 g/mol. The molecule has 1 amide bonds. The number of rotatable bonds is 10. The average molecular weight is 383 g/mol. The van der Waals surface area contributed by atoms with Gasteiger partial charge in [0.15, 0.2) is 0 Å². The molecule has 1 unspecified atom stereocenters. The number of hydrogen-bond acceptors (Lipinski definition) is 3. The SMILES string of the molecule is CC(CCc1ccc(OC(C)C)cc1)NC(=O)CCc1ccccc1C(=O)O. The minimum atomic E-state index is -0.964. The smallest absolute Gasteiger partial charge is 0.335 e. The molecule has 2 N–H and O–H groups in total. The van der Waals surface area contributed by atoms with Crippen molar-refractivity contribution in [3.05, 3.63) is 65.2 Å². The molecule has 0 radical (unpaired) electrons. The number of nitrogens with one attached hydrogen (secondary N) is 1. The Morgan fingerprint density at radius 1 is 1.00 bits per heavy atom. The third-order valence-corrected chi connectivity index (χ3v) is 4.44. The maximum atomic E-state index is 12.2. The van der Waals surface area contributed by atoms with Crippen LogP contribution in [0.3, 0.4) is 0 Å². The van der Waals surface area contributed by atoms with Crippen LogP contribution in [-0.4, -0.2) is 29.1 Å². The highest BCUT2D eigenvalue weighted by Gasteiger charge is 2.12. The van der Waals surface area contributed by atoms with Gasteiger partial charge in [-0.2, -0.15) is 0 Å². The molecule has 0 heterocycles. The van der Waals surface area contributed by atoms with Gasteiger partial charge in [0, 0.05) is 12.5 Å². The predicted molar refractivity (Wildman–Crippen MR) is 110 cm³/mol. The number of carbonyl (C=O) groups is 2. The zero-order valence-corrected chi connectivity index (χ0v) is 16.8. The Labute approximate surface area is 166 Å². The van der Waals surface area contributed by atoms with Gasteiger partial charge in [-0.05, 0) is 69.4 Å². The number of carboxylic acid groups (broad SMARTS) is 1. The van der Waals surface area contributed by atoms with Crippen LogP contribution in [0, 0.1) is 0 Å².